The first kappa shape index (κ1) is 18.8. The Balaban J connectivity index is 2.15. The van der Waals surface area contributed by atoms with E-state index in [1.807, 2.05) is 6.92 Å². The highest BCUT2D eigenvalue weighted by atomic mass is 16.5. The third-order valence-corrected chi connectivity index (χ3v) is 5.20. The van der Waals surface area contributed by atoms with Gasteiger partial charge in [0.05, 0.1) is 30.9 Å². The average molecular weight is 374 g/mol. The van der Waals surface area contributed by atoms with Crippen LogP contribution in [0.3, 0.4) is 0 Å². The largest absolute Gasteiger partial charge is 0.497 e. The van der Waals surface area contributed by atoms with Crippen molar-refractivity contribution < 1.29 is 24.3 Å². The molecule has 144 valence electrons. The molecule has 0 bridgehead atoms. The number of allylic oxidation sites excluding steroid dienone is 2. The van der Waals surface area contributed by atoms with Gasteiger partial charge >= 0.3 is 5.97 Å². The SMILES string of the molecule is COc1ccc2occ(C(CC(=O)O)C3N(C)C(C)=C(C)N3O)c(=O)c2c1. The predicted octanol–water partition coefficient (Wildman–Crippen LogP) is 2.57. The van der Waals surface area contributed by atoms with Crippen LogP contribution in [0, 0.1) is 0 Å². The van der Waals surface area contributed by atoms with Crippen molar-refractivity contribution in [2.75, 3.05) is 14.2 Å². The third-order valence-electron chi connectivity index (χ3n) is 5.20. The highest BCUT2D eigenvalue weighted by Gasteiger charge is 2.40. The summed E-state index contributed by atoms with van der Waals surface area (Å²) in [7, 11) is 3.24. The molecule has 8 heteroatoms. The maximum atomic E-state index is 13.1. The van der Waals surface area contributed by atoms with Gasteiger partial charge in [-0.25, -0.2) is 5.06 Å². The number of carboxylic acids is 1. The van der Waals surface area contributed by atoms with E-state index in [1.165, 1.54) is 13.4 Å². The number of nitrogens with zero attached hydrogens (tertiary/aromatic N) is 2. The van der Waals surface area contributed by atoms with Gasteiger partial charge in [-0.2, -0.15) is 0 Å². The van der Waals surface area contributed by atoms with Crippen molar-refractivity contribution in [1.29, 1.82) is 0 Å². The van der Waals surface area contributed by atoms with Gasteiger partial charge in [0.2, 0.25) is 0 Å². The summed E-state index contributed by atoms with van der Waals surface area (Å²) in [5, 5.41) is 21.2. The molecule has 0 aliphatic carbocycles. The monoisotopic (exact) mass is 374 g/mol. The predicted molar refractivity (Wildman–Crippen MR) is 97.6 cm³/mol. The lowest BCUT2D eigenvalue weighted by Gasteiger charge is -2.33. The zero-order chi connectivity index (χ0) is 19.9. The fourth-order valence-electron chi connectivity index (χ4n) is 3.49. The minimum atomic E-state index is -1.07. The van der Waals surface area contributed by atoms with Crippen molar-refractivity contribution in [3.63, 3.8) is 0 Å². The first-order valence-electron chi connectivity index (χ1n) is 8.46. The molecule has 0 saturated heterocycles. The van der Waals surface area contributed by atoms with Crippen LogP contribution in [0.2, 0.25) is 0 Å². The van der Waals surface area contributed by atoms with E-state index in [2.05, 4.69) is 0 Å². The molecule has 0 fully saturated rings. The zero-order valence-corrected chi connectivity index (χ0v) is 15.6. The van der Waals surface area contributed by atoms with Crippen LogP contribution in [0.4, 0.5) is 0 Å². The van der Waals surface area contributed by atoms with E-state index in [1.54, 1.807) is 37.1 Å². The summed E-state index contributed by atoms with van der Waals surface area (Å²) in [5.41, 5.74) is 1.63. The molecule has 2 N–H and O–H groups in total. The number of carboxylic acid groups (broad SMARTS) is 1. The Labute approximate surface area is 155 Å². The molecule has 1 aromatic heterocycles. The quantitative estimate of drug-likeness (QED) is 0.823. The summed E-state index contributed by atoms with van der Waals surface area (Å²) in [6.07, 6.45) is 0.217. The van der Waals surface area contributed by atoms with E-state index in [4.69, 9.17) is 9.15 Å². The molecule has 2 unspecified atom stereocenters. The second-order valence-electron chi connectivity index (χ2n) is 6.63. The molecule has 2 atom stereocenters. The van der Waals surface area contributed by atoms with Crippen LogP contribution in [-0.2, 0) is 4.79 Å². The Morgan fingerprint density at radius 1 is 1.33 bits per heavy atom. The maximum Gasteiger partial charge on any atom is 0.304 e. The topological polar surface area (TPSA) is 103 Å². The summed E-state index contributed by atoms with van der Waals surface area (Å²) in [4.78, 5) is 26.4. The second-order valence-corrected chi connectivity index (χ2v) is 6.63. The van der Waals surface area contributed by atoms with Gasteiger partial charge in [0.15, 0.2) is 5.43 Å². The van der Waals surface area contributed by atoms with Gasteiger partial charge in [0.25, 0.3) is 0 Å². The number of hydrogen-bond donors (Lipinski definition) is 2. The van der Waals surface area contributed by atoms with E-state index in [0.29, 0.717) is 22.4 Å². The number of rotatable bonds is 5. The summed E-state index contributed by atoms with van der Waals surface area (Å²) >= 11 is 0. The molecule has 0 radical (unpaired) electrons. The molecule has 8 nitrogen and oxygen atoms in total. The van der Waals surface area contributed by atoms with Gasteiger partial charge in [0, 0.05) is 24.2 Å². The number of methoxy groups -OCH3 is 1. The van der Waals surface area contributed by atoms with Gasteiger partial charge in [-0.15, -0.1) is 0 Å². The Morgan fingerprint density at radius 3 is 2.59 bits per heavy atom. The summed E-state index contributed by atoms with van der Waals surface area (Å²) in [5.74, 6) is -1.39. The second kappa shape index (κ2) is 6.96. The van der Waals surface area contributed by atoms with Crippen LogP contribution >= 0.6 is 0 Å². The number of benzene rings is 1. The molecule has 2 heterocycles. The maximum absolute atomic E-state index is 13.1. The molecule has 27 heavy (non-hydrogen) atoms. The van der Waals surface area contributed by atoms with Crippen molar-refractivity contribution in [3.8, 4) is 5.75 Å². The molecule has 1 aliphatic heterocycles. The number of carbonyl (C=O) groups is 1. The van der Waals surface area contributed by atoms with Crippen molar-refractivity contribution >= 4 is 16.9 Å². The molecule has 1 aromatic carbocycles. The normalized spacial score (nSPS) is 18.3. The molecule has 0 saturated carbocycles. The van der Waals surface area contributed by atoms with Crippen molar-refractivity contribution in [2.45, 2.75) is 32.4 Å². The van der Waals surface area contributed by atoms with Gasteiger partial charge in [-0.3, -0.25) is 14.8 Å². The van der Waals surface area contributed by atoms with Crippen LogP contribution in [0.1, 0.15) is 31.7 Å². The molecular formula is C19H22N2O6. The van der Waals surface area contributed by atoms with Crippen LogP contribution in [0.25, 0.3) is 11.0 Å². The summed E-state index contributed by atoms with van der Waals surface area (Å²) in [6.45, 7) is 3.56. The van der Waals surface area contributed by atoms with Crippen molar-refractivity contribution in [3.05, 3.63) is 51.6 Å². The minimum absolute atomic E-state index is 0.191. The van der Waals surface area contributed by atoms with Gasteiger partial charge in [0.1, 0.15) is 17.5 Å². The fraction of sp³-hybridized carbons (Fsp3) is 0.368. The molecule has 2 aromatic rings. The van der Waals surface area contributed by atoms with Crippen LogP contribution in [0.15, 0.2) is 45.1 Å². The van der Waals surface area contributed by atoms with Crippen LogP contribution in [-0.4, -0.2) is 46.6 Å². The Kier molecular flexibility index (Phi) is 4.84. The van der Waals surface area contributed by atoms with Gasteiger partial charge in [-0.1, -0.05) is 0 Å². The van der Waals surface area contributed by atoms with Gasteiger partial charge in [-0.05, 0) is 32.0 Å². The molecule has 3 rings (SSSR count). The number of likely N-dealkylation sites (N-methyl/N-ethyl adjacent to an activating group) is 1. The number of hydrogen-bond acceptors (Lipinski definition) is 7. The number of ether oxygens (including phenoxy) is 1. The molecule has 1 aliphatic rings. The first-order chi connectivity index (χ1) is 12.8. The molecule has 0 amide bonds. The summed E-state index contributed by atoms with van der Waals surface area (Å²) in [6, 6.07) is 4.87. The average Bonchev–Trinajstić information content (AvgIpc) is 2.83. The standard InChI is InChI=1S/C19H22N2O6/c1-10-11(2)21(25)19(20(10)3)13(8-17(22)23)15-9-27-16-6-5-12(26-4)7-14(16)18(15)24/h5-7,9,13,19,25H,8H2,1-4H3,(H,22,23). The van der Waals surface area contributed by atoms with E-state index in [9.17, 15) is 19.9 Å². The van der Waals surface area contributed by atoms with E-state index >= 15 is 0 Å². The summed E-state index contributed by atoms with van der Waals surface area (Å²) < 4.78 is 10.8. The lowest BCUT2D eigenvalue weighted by atomic mass is 9.92. The van der Waals surface area contributed by atoms with E-state index < -0.39 is 18.1 Å². The smallest absolute Gasteiger partial charge is 0.304 e. The Morgan fingerprint density at radius 2 is 2.04 bits per heavy atom. The lowest BCUT2D eigenvalue weighted by Crippen LogP contribution is -2.43. The fourth-order valence-corrected chi connectivity index (χ4v) is 3.49. The molecule has 0 spiro atoms. The van der Waals surface area contributed by atoms with E-state index in [0.717, 1.165) is 10.8 Å². The molecular weight excluding hydrogens is 352 g/mol. The zero-order valence-electron chi connectivity index (χ0n) is 15.6. The van der Waals surface area contributed by atoms with E-state index in [-0.39, 0.29) is 17.4 Å². The van der Waals surface area contributed by atoms with Crippen molar-refractivity contribution in [2.24, 2.45) is 0 Å². The number of hydroxylamine groups is 2. The highest BCUT2D eigenvalue weighted by molar-refractivity contribution is 5.79. The lowest BCUT2D eigenvalue weighted by molar-refractivity contribution is -0.143. The highest BCUT2D eigenvalue weighted by Crippen LogP contribution is 2.36. The Hall–Kier alpha value is -3.00. The van der Waals surface area contributed by atoms with Gasteiger partial charge < -0.3 is 19.2 Å². The first-order valence-corrected chi connectivity index (χ1v) is 8.46. The minimum Gasteiger partial charge on any atom is -0.497 e. The van der Waals surface area contributed by atoms with Crippen LogP contribution in [0.5, 0.6) is 5.75 Å². The third kappa shape index (κ3) is 3.12. The van der Waals surface area contributed by atoms with Crippen molar-refractivity contribution in [1.82, 2.24) is 9.96 Å². The number of aliphatic carboxylic acids is 1. The number of fused-ring (bicyclic) bond motifs is 1. The van der Waals surface area contributed by atoms with Crippen LogP contribution < -0.4 is 10.2 Å². The Bertz CT molecular complexity index is 962.